The van der Waals surface area contributed by atoms with E-state index in [0.29, 0.717) is 6.61 Å². The summed E-state index contributed by atoms with van der Waals surface area (Å²) in [5.74, 6) is 2.64. The lowest BCUT2D eigenvalue weighted by atomic mass is 9.96. The van der Waals surface area contributed by atoms with Crippen molar-refractivity contribution in [2.75, 3.05) is 26.8 Å². The van der Waals surface area contributed by atoms with Crippen LogP contribution in [0.15, 0.2) is 29.1 Å². The number of nitrogens with zero attached hydrogens (tertiary/aromatic N) is 2. The Morgan fingerprint density at radius 2 is 2.11 bits per heavy atom. The summed E-state index contributed by atoms with van der Waals surface area (Å²) in [6, 6.07) is 7.71. The third-order valence-electron chi connectivity index (χ3n) is 5.00. The number of methoxy groups -OCH3 is 1. The molecule has 0 bridgehead atoms. The molecule has 6 nitrogen and oxygen atoms in total. The summed E-state index contributed by atoms with van der Waals surface area (Å²) in [5.41, 5.74) is 2.01. The Bertz CT molecular complexity index is 819. The summed E-state index contributed by atoms with van der Waals surface area (Å²) < 4.78 is 11.1. The molecular formula is C21H29N3O3. The molecule has 0 saturated carbocycles. The highest BCUT2D eigenvalue weighted by atomic mass is 16.5. The number of rotatable bonds is 7. The van der Waals surface area contributed by atoms with Crippen LogP contribution in [0.25, 0.3) is 0 Å². The van der Waals surface area contributed by atoms with Crippen molar-refractivity contribution in [1.29, 1.82) is 0 Å². The smallest absolute Gasteiger partial charge is 0.251 e. The predicted molar refractivity (Wildman–Crippen MR) is 106 cm³/mol. The first-order valence-electron chi connectivity index (χ1n) is 9.75. The molecule has 1 aromatic carbocycles. The molecular weight excluding hydrogens is 342 g/mol. The summed E-state index contributed by atoms with van der Waals surface area (Å²) in [6.45, 7) is 7.39. The Kier molecular flexibility index (Phi) is 6.50. The monoisotopic (exact) mass is 371 g/mol. The van der Waals surface area contributed by atoms with Crippen molar-refractivity contribution in [2.24, 2.45) is 0 Å². The fourth-order valence-corrected chi connectivity index (χ4v) is 3.67. The molecule has 146 valence electrons. The van der Waals surface area contributed by atoms with Crippen LogP contribution in [0.3, 0.4) is 0 Å². The van der Waals surface area contributed by atoms with E-state index in [1.165, 1.54) is 5.56 Å². The van der Waals surface area contributed by atoms with Gasteiger partial charge in [-0.3, -0.25) is 9.69 Å². The number of hydrogen-bond donors (Lipinski definition) is 1. The first-order chi connectivity index (χ1) is 13.1. The SMILES string of the molecule is CCOc1ccc(CN2CCC[C@H](c3nc(CC)cc(=O)[nH]3)C2)cc1OC. The molecule has 1 aliphatic heterocycles. The van der Waals surface area contributed by atoms with E-state index in [1.807, 2.05) is 26.0 Å². The minimum Gasteiger partial charge on any atom is -0.493 e. The molecule has 1 saturated heterocycles. The molecule has 27 heavy (non-hydrogen) atoms. The standard InChI is InChI=1S/C21H29N3O3/c1-4-17-12-20(25)23-21(22-17)16-7-6-10-24(14-16)13-15-8-9-18(27-5-2)19(11-15)26-3/h8-9,11-12,16H,4-7,10,13-14H2,1-3H3,(H,22,23,25)/t16-/m0/s1. The Hall–Kier alpha value is -2.34. The lowest BCUT2D eigenvalue weighted by Gasteiger charge is -2.32. The van der Waals surface area contributed by atoms with Crippen LogP contribution in [0, 0.1) is 0 Å². The molecule has 0 radical (unpaired) electrons. The molecule has 1 fully saturated rings. The highest BCUT2D eigenvalue weighted by Gasteiger charge is 2.24. The molecule has 1 aliphatic rings. The van der Waals surface area contributed by atoms with Gasteiger partial charge in [0.25, 0.3) is 5.56 Å². The number of aryl methyl sites for hydroxylation is 1. The van der Waals surface area contributed by atoms with E-state index in [1.54, 1.807) is 13.2 Å². The number of nitrogens with one attached hydrogen (secondary N) is 1. The van der Waals surface area contributed by atoms with Crippen molar-refractivity contribution < 1.29 is 9.47 Å². The molecule has 3 rings (SSSR count). The Morgan fingerprint density at radius 1 is 1.26 bits per heavy atom. The number of H-pyrrole nitrogens is 1. The second-order valence-corrected chi connectivity index (χ2v) is 6.97. The van der Waals surface area contributed by atoms with E-state index in [9.17, 15) is 4.79 Å². The van der Waals surface area contributed by atoms with E-state index < -0.39 is 0 Å². The number of ether oxygens (including phenoxy) is 2. The van der Waals surface area contributed by atoms with E-state index in [0.717, 1.165) is 61.9 Å². The molecule has 1 atom stereocenters. The highest BCUT2D eigenvalue weighted by molar-refractivity contribution is 5.43. The second-order valence-electron chi connectivity index (χ2n) is 6.97. The van der Waals surface area contributed by atoms with Gasteiger partial charge in [-0.2, -0.15) is 0 Å². The molecule has 0 unspecified atom stereocenters. The van der Waals surface area contributed by atoms with E-state index in [2.05, 4.69) is 20.9 Å². The fraction of sp³-hybridized carbons (Fsp3) is 0.524. The van der Waals surface area contributed by atoms with Gasteiger partial charge in [0.05, 0.1) is 13.7 Å². The average molecular weight is 371 g/mol. The number of aromatic nitrogens is 2. The maximum atomic E-state index is 11.9. The van der Waals surface area contributed by atoms with Gasteiger partial charge in [0.2, 0.25) is 0 Å². The molecule has 1 N–H and O–H groups in total. The maximum absolute atomic E-state index is 11.9. The predicted octanol–water partition coefficient (Wildman–Crippen LogP) is 3.12. The van der Waals surface area contributed by atoms with Crippen molar-refractivity contribution in [2.45, 2.75) is 45.6 Å². The van der Waals surface area contributed by atoms with Gasteiger partial charge in [0.1, 0.15) is 5.82 Å². The van der Waals surface area contributed by atoms with Crippen molar-refractivity contribution in [3.8, 4) is 11.5 Å². The number of hydrogen-bond acceptors (Lipinski definition) is 5. The maximum Gasteiger partial charge on any atom is 0.251 e. The zero-order valence-corrected chi connectivity index (χ0v) is 16.5. The third-order valence-corrected chi connectivity index (χ3v) is 5.00. The zero-order valence-electron chi connectivity index (χ0n) is 16.5. The molecule has 1 aromatic heterocycles. The van der Waals surface area contributed by atoms with Crippen LogP contribution >= 0.6 is 0 Å². The van der Waals surface area contributed by atoms with Crippen molar-refractivity contribution >= 4 is 0 Å². The largest absolute Gasteiger partial charge is 0.493 e. The molecule has 6 heteroatoms. The number of likely N-dealkylation sites (tertiary alicyclic amines) is 1. The Labute approximate surface area is 160 Å². The van der Waals surface area contributed by atoms with E-state index in [-0.39, 0.29) is 11.5 Å². The van der Waals surface area contributed by atoms with Crippen LogP contribution in [-0.4, -0.2) is 41.7 Å². The Morgan fingerprint density at radius 3 is 2.85 bits per heavy atom. The summed E-state index contributed by atoms with van der Waals surface area (Å²) >= 11 is 0. The summed E-state index contributed by atoms with van der Waals surface area (Å²) in [6.07, 6.45) is 2.93. The van der Waals surface area contributed by atoms with Crippen molar-refractivity contribution in [3.63, 3.8) is 0 Å². The normalized spacial score (nSPS) is 17.7. The van der Waals surface area contributed by atoms with Gasteiger partial charge in [0.15, 0.2) is 11.5 Å². The highest BCUT2D eigenvalue weighted by Crippen LogP contribution is 2.30. The second kappa shape index (κ2) is 9.04. The van der Waals surface area contributed by atoms with Crippen molar-refractivity contribution in [1.82, 2.24) is 14.9 Å². The molecule has 2 heterocycles. The van der Waals surface area contributed by atoms with Gasteiger partial charge in [0, 0.05) is 30.8 Å². The summed E-state index contributed by atoms with van der Waals surface area (Å²) in [7, 11) is 1.67. The fourth-order valence-electron chi connectivity index (χ4n) is 3.67. The van der Waals surface area contributed by atoms with E-state index in [4.69, 9.17) is 9.47 Å². The van der Waals surface area contributed by atoms with Crippen molar-refractivity contribution in [3.05, 3.63) is 51.7 Å². The van der Waals surface area contributed by atoms with Gasteiger partial charge in [-0.1, -0.05) is 13.0 Å². The van der Waals surface area contributed by atoms with Crippen LogP contribution < -0.4 is 15.0 Å². The van der Waals surface area contributed by atoms with Crippen LogP contribution in [0.4, 0.5) is 0 Å². The van der Waals surface area contributed by atoms with Gasteiger partial charge >= 0.3 is 0 Å². The molecule has 0 aliphatic carbocycles. The molecule has 0 spiro atoms. The number of benzene rings is 1. The summed E-state index contributed by atoms with van der Waals surface area (Å²) in [4.78, 5) is 21.9. The van der Waals surface area contributed by atoms with Crippen LogP contribution in [0.2, 0.25) is 0 Å². The minimum atomic E-state index is -0.0507. The van der Waals surface area contributed by atoms with E-state index >= 15 is 0 Å². The first kappa shape index (κ1) is 19.4. The molecule has 2 aromatic rings. The van der Waals surface area contributed by atoms with Gasteiger partial charge in [-0.15, -0.1) is 0 Å². The number of aromatic amines is 1. The van der Waals surface area contributed by atoms with Gasteiger partial charge in [-0.25, -0.2) is 4.98 Å². The zero-order chi connectivity index (χ0) is 19.2. The van der Waals surface area contributed by atoms with Crippen LogP contribution in [0.5, 0.6) is 11.5 Å². The van der Waals surface area contributed by atoms with Gasteiger partial charge in [-0.05, 0) is 50.4 Å². The average Bonchev–Trinajstić information content (AvgIpc) is 2.69. The number of piperidine rings is 1. The van der Waals surface area contributed by atoms with Crippen LogP contribution in [0.1, 0.15) is 49.7 Å². The lowest BCUT2D eigenvalue weighted by molar-refractivity contribution is 0.196. The lowest BCUT2D eigenvalue weighted by Crippen LogP contribution is -2.35. The topological polar surface area (TPSA) is 67.5 Å². The minimum absolute atomic E-state index is 0.0507. The third kappa shape index (κ3) is 4.89. The summed E-state index contributed by atoms with van der Waals surface area (Å²) in [5, 5.41) is 0. The molecule has 0 amide bonds. The quantitative estimate of drug-likeness (QED) is 0.810. The first-order valence-corrected chi connectivity index (χ1v) is 9.75. The van der Waals surface area contributed by atoms with Crippen LogP contribution in [-0.2, 0) is 13.0 Å². The van der Waals surface area contributed by atoms with Gasteiger partial charge < -0.3 is 14.5 Å². The Balaban J connectivity index is 1.71.